The van der Waals surface area contributed by atoms with E-state index < -0.39 is 45.6 Å². The van der Waals surface area contributed by atoms with Gasteiger partial charge >= 0.3 is 16.4 Å². The summed E-state index contributed by atoms with van der Waals surface area (Å²) in [5.41, 5.74) is -0.669. The summed E-state index contributed by atoms with van der Waals surface area (Å²) in [5.74, 6) is -2.80. The predicted octanol–water partition coefficient (Wildman–Crippen LogP) is 3.32. The summed E-state index contributed by atoms with van der Waals surface area (Å²) in [6.07, 6.45) is 5.79. The van der Waals surface area contributed by atoms with Gasteiger partial charge in [0.2, 0.25) is 11.8 Å². The lowest BCUT2D eigenvalue weighted by atomic mass is 9.39. The smallest absolute Gasteiger partial charge is 0.397 e. The highest BCUT2D eigenvalue weighted by Crippen LogP contribution is 2.69. The molecule has 2 N–H and O–H groups in total. The van der Waals surface area contributed by atoms with E-state index in [1.54, 1.807) is 0 Å². The first-order chi connectivity index (χ1) is 16.1. The van der Waals surface area contributed by atoms with Crippen LogP contribution in [0.25, 0.3) is 0 Å². The molecular weight excluding hydrogens is 474 g/mol. The van der Waals surface area contributed by atoms with Crippen molar-refractivity contribution in [1.29, 1.82) is 0 Å². The Morgan fingerprint density at radius 2 is 1.83 bits per heavy atom. The van der Waals surface area contributed by atoms with Crippen LogP contribution in [-0.2, 0) is 29.0 Å². The maximum Gasteiger partial charge on any atom is 0.397 e. The van der Waals surface area contributed by atoms with Gasteiger partial charge in [-0.2, -0.15) is 8.42 Å². The first-order valence-corrected chi connectivity index (χ1v) is 13.9. The Bertz CT molecular complexity index is 1090. The molecule has 196 valence electrons. The number of allylic oxidation sites excluding steroid dienone is 2. The van der Waals surface area contributed by atoms with Crippen molar-refractivity contribution in [2.75, 3.05) is 13.2 Å². The van der Waals surface area contributed by atoms with E-state index in [2.05, 4.69) is 24.1 Å². The third-order valence-electron chi connectivity index (χ3n) is 10.4. The topological polar surface area (TPSA) is 138 Å². The SMILES string of the molecule is CC1=CC2(CCC3C(C)(C(=O)O)CCCC3(C)C2C)C2C(=O)N(CCOS(=O)(=O)O)C(=O)C2C1C. The number of imide groups is 1. The molecule has 1 spiro atoms. The van der Waals surface area contributed by atoms with Gasteiger partial charge in [0.1, 0.15) is 0 Å². The maximum atomic E-state index is 13.8. The summed E-state index contributed by atoms with van der Waals surface area (Å²) in [6.45, 7) is 9.33. The minimum atomic E-state index is -4.68. The van der Waals surface area contributed by atoms with Crippen molar-refractivity contribution in [3.8, 4) is 0 Å². The molecule has 0 radical (unpaired) electrons. The number of carbonyl (C=O) groups excluding carboxylic acids is 2. The number of rotatable bonds is 5. The Morgan fingerprint density at radius 1 is 1.17 bits per heavy atom. The molecule has 8 atom stereocenters. The zero-order valence-electron chi connectivity index (χ0n) is 21.1. The lowest BCUT2D eigenvalue weighted by Gasteiger charge is -2.63. The van der Waals surface area contributed by atoms with Crippen LogP contribution in [0, 0.1) is 45.8 Å². The molecule has 0 aromatic carbocycles. The van der Waals surface area contributed by atoms with E-state index >= 15 is 0 Å². The first kappa shape index (κ1) is 26.3. The molecule has 0 aromatic heterocycles. The van der Waals surface area contributed by atoms with E-state index in [4.69, 9.17) is 4.55 Å². The fourth-order valence-electron chi connectivity index (χ4n) is 8.38. The highest BCUT2D eigenvalue weighted by atomic mass is 32.3. The number of amides is 2. The molecule has 4 rings (SSSR count). The number of likely N-dealkylation sites (tertiary alicyclic amines) is 1. The average molecular weight is 512 g/mol. The molecule has 8 unspecified atom stereocenters. The van der Waals surface area contributed by atoms with Crippen molar-refractivity contribution in [1.82, 2.24) is 4.90 Å². The highest BCUT2D eigenvalue weighted by Gasteiger charge is 2.68. The van der Waals surface area contributed by atoms with Gasteiger partial charge in [-0.05, 0) is 62.7 Å². The number of hydrogen-bond donors (Lipinski definition) is 2. The second-order valence-corrected chi connectivity index (χ2v) is 12.9. The number of carbonyl (C=O) groups is 3. The molecule has 9 nitrogen and oxygen atoms in total. The van der Waals surface area contributed by atoms with Gasteiger partial charge in [0.15, 0.2) is 0 Å². The quantitative estimate of drug-likeness (QED) is 0.326. The lowest BCUT2D eigenvalue weighted by Crippen LogP contribution is -2.60. The third-order valence-corrected chi connectivity index (χ3v) is 10.9. The second-order valence-electron chi connectivity index (χ2n) is 11.8. The van der Waals surface area contributed by atoms with Crippen LogP contribution in [0.5, 0.6) is 0 Å². The number of fused-ring (bicyclic) bond motifs is 3. The monoisotopic (exact) mass is 511 g/mol. The molecule has 2 amide bonds. The average Bonchev–Trinajstić information content (AvgIpc) is 3.00. The second kappa shape index (κ2) is 8.38. The van der Waals surface area contributed by atoms with Crippen molar-refractivity contribution in [2.45, 2.75) is 66.7 Å². The largest absolute Gasteiger partial charge is 0.481 e. The van der Waals surface area contributed by atoms with Gasteiger partial charge in [-0.15, -0.1) is 0 Å². The zero-order chi connectivity index (χ0) is 26.1. The molecular formula is C25H37NO8S. The molecule has 2 saturated carbocycles. The first-order valence-electron chi connectivity index (χ1n) is 12.5. The summed E-state index contributed by atoms with van der Waals surface area (Å²) in [7, 11) is -4.68. The standard InChI is InChI=1S/C25H37NO8S/c1-14-13-25(10-7-17-23(4,16(25)3)8-6-9-24(17,5)22(29)30)19-18(15(14)2)20(27)26(21(19)28)11-12-34-35(31,32)33/h13,15-19H,6-12H2,1-5H3,(H,29,30)(H,31,32,33). The third kappa shape index (κ3) is 3.78. The van der Waals surface area contributed by atoms with Crippen molar-refractivity contribution < 1.29 is 36.6 Å². The minimum absolute atomic E-state index is 0.0279. The van der Waals surface area contributed by atoms with Gasteiger partial charge in [0.25, 0.3) is 0 Å². The Labute approximate surface area is 207 Å². The van der Waals surface area contributed by atoms with Crippen LogP contribution >= 0.6 is 0 Å². The van der Waals surface area contributed by atoms with E-state index in [0.717, 1.165) is 23.3 Å². The molecule has 10 heteroatoms. The van der Waals surface area contributed by atoms with Crippen LogP contribution in [-0.4, -0.2) is 53.9 Å². The van der Waals surface area contributed by atoms with Crippen LogP contribution in [0.1, 0.15) is 66.7 Å². The minimum Gasteiger partial charge on any atom is -0.481 e. The summed E-state index contributed by atoms with van der Waals surface area (Å²) in [6, 6.07) is 0. The molecule has 1 saturated heterocycles. The molecule has 35 heavy (non-hydrogen) atoms. The van der Waals surface area contributed by atoms with Crippen molar-refractivity contribution in [3.05, 3.63) is 11.6 Å². The van der Waals surface area contributed by atoms with Gasteiger partial charge in [-0.25, -0.2) is 4.18 Å². The number of hydrogen-bond acceptors (Lipinski definition) is 6. The zero-order valence-corrected chi connectivity index (χ0v) is 21.9. The fraction of sp³-hybridized carbons (Fsp3) is 0.800. The van der Waals surface area contributed by atoms with Crippen LogP contribution in [0.15, 0.2) is 11.6 Å². The Kier molecular flexibility index (Phi) is 6.29. The summed E-state index contributed by atoms with van der Waals surface area (Å²) >= 11 is 0. The van der Waals surface area contributed by atoms with Crippen molar-refractivity contribution in [2.24, 2.45) is 45.8 Å². The molecule has 0 bridgehead atoms. The number of aliphatic carboxylic acids is 1. The van der Waals surface area contributed by atoms with Gasteiger partial charge in [0, 0.05) is 5.41 Å². The highest BCUT2D eigenvalue weighted by molar-refractivity contribution is 7.80. The van der Waals surface area contributed by atoms with E-state index in [1.165, 1.54) is 0 Å². The lowest BCUT2D eigenvalue weighted by molar-refractivity contribution is -0.179. The summed E-state index contributed by atoms with van der Waals surface area (Å²) in [4.78, 5) is 40.7. The van der Waals surface area contributed by atoms with Crippen LogP contribution < -0.4 is 0 Å². The molecule has 3 aliphatic carbocycles. The van der Waals surface area contributed by atoms with Crippen molar-refractivity contribution >= 4 is 28.2 Å². The van der Waals surface area contributed by atoms with Crippen molar-refractivity contribution in [3.63, 3.8) is 0 Å². The molecule has 3 fully saturated rings. The van der Waals surface area contributed by atoms with Gasteiger partial charge < -0.3 is 5.11 Å². The number of nitrogens with zero attached hydrogens (tertiary/aromatic N) is 1. The normalized spacial score (nSPS) is 43.7. The summed E-state index contributed by atoms with van der Waals surface area (Å²) in [5, 5.41) is 10.1. The van der Waals surface area contributed by atoms with Gasteiger partial charge in [0.05, 0.1) is 30.4 Å². The molecule has 4 aliphatic rings. The van der Waals surface area contributed by atoms with Gasteiger partial charge in [-0.1, -0.05) is 38.8 Å². The maximum absolute atomic E-state index is 13.8. The Hall–Kier alpha value is -1.78. The molecule has 0 aromatic rings. The van der Waals surface area contributed by atoms with E-state index in [1.807, 2.05) is 20.8 Å². The number of carboxylic acid groups (broad SMARTS) is 1. The van der Waals surface area contributed by atoms with E-state index in [9.17, 15) is 27.9 Å². The predicted molar refractivity (Wildman–Crippen MR) is 126 cm³/mol. The fourth-order valence-corrected chi connectivity index (χ4v) is 8.67. The molecule has 1 heterocycles. The Morgan fingerprint density at radius 3 is 2.43 bits per heavy atom. The Balaban J connectivity index is 1.73. The van der Waals surface area contributed by atoms with Gasteiger partial charge in [-0.3, -0.25) is 23.8 Å². The molecule has 1 aliphatic heterocycles. The van der Waals surface area contributed by atoms with E-state index in [-0.39, 0.29) is 41.5 Å². The van der Waals surface area contributed by atoms with E-state index in [0.29, 0.717) is 19.3 Å². The van der Waals surface area contributed by atoms with Crippen LogP contribution in [0.3, 0.4) is 0 Å². The summed E-state index contributed by atoms with van der Waals surface area (Å²) < 4.78 is 35.2. The van der Waals surface area contributed by atoms with Crippen LogP contribution in [0.2, 0.25) is 0 Å². The van der Waals surface area contributed by atoms with Crippen LogP contribution in [0.4, 0.5) is 0 Å². The number of carboxylic acids is 1.